The van der Waals surface area contributed by atoms with E-state index < -0.39 is 0 Å². The van der Waals surface area contributed by atoms with Crippen molar-refractivity contribution in [2.24, 2.45) is 5.92 Å². The molecule has 1 saturated carbocycles. The van der Waals surface area contributed by atoms with E-state index >= 15 is 0 Å². The van der Waals surface area contributed by atoms with Gasteiger partial charge in [0.05, 0.1) is 12.8 Å². The highest BCUT2D eigenvalue weighted by molar-refractivity contribution is 5.77. The average Bonchev–Trinajstić information content (AvgIpc) is 3.05. The molecule has 2 rings (SSSR count). The van der Waals surface area contributed by atoms with Crippen LogP contribution < -0.4 is 15.4 Å². The average molecular weight is 262 g/mol. The van der Waals surface area contributed by atoms with Gasteiger partial charge in [-0.15, -0.1) is 0 Å². The fraction of sp³-hybridized carbons (Fsp3) is 0.533. The van der Waals surface area contributed by atoms with Crippen molar-refractivity contribution in [2.75, 3.05) is 19.0 Å². The monoisotopic (exact) mass is 262 g/mol. The number of hydrogen-bond donors (Lipinski definition) is 2. The van der Waals surface area contributed by atoms with E-state index in [1.165, 1.54) is 5.56 Å². The lowest BCUT2D eigenvalue weighted by molar-refractivity contribution is -0.121. The van der Waals surface area contributed by atoms with Gasteiger partial charge in [-0.05, 0) is 37.0 Å². The quantitative estimate of drug-likeness (QED) is 0.827. The maximum Gasteiger partial charge on any atom is 0.221 e. The Kier molecular flexibility index (Phi) is 4.30. The minimum atomic E-state index is 0.119. The minimum absolute atomic E-state index is 0.119. The van der Waals surface area contributed by atoms with E-state index in [-0.39, 0.29) is 5.91 Å². The number of amides is 1. The first kappa shape index (κ1) is 13.7. The van der Waals surface area contributed by atoms with Crippen molar-refractivity contribution in [1.82, 2.24) is 5.32 Å². The zero-order valence-corrected chi connectivity index (χ0v) is 11.8. The zero-order chi connectivity index (χ0) is 13.8. The number of hydrogen-bond acceptors (Lipinski definition) is 3. The van der Waals surface area contributed by atoms with Crippen LogP contribution in [0.15, 0.2) is 18.2 Å². The predicted octanol–water partition coefficient (Wildman–Crippen LogP) is 2.33. The fourth-order valence-electron chi connectivity index (χ4n) is 2.07. The first-order chi connectivity index (χ1) is 9.10. The molecule has 2 atom stereocenters. The number of carbonyl (C=O) groups excluding carboxylic acids is 1. The summed E-state index contributed by atoms with van der Waals surface area (Å²) in [5, 5.41) is 6.27. The standard InChI is InChI=1S/C15H22N2O2/c1-10-4-5-14(19-3)13(8-10)16-7-6-15(18)17-12-9-11(12)2/h4-5,8,11-12,16H,6-7,9H2,1-3H3,(H,17,18). The van der Waals surface area contributed by atoms with Crippen LogP contribution >= 0.6 is 0 Å². The molecule has 1 amide bonds. The van der Waals surface area contributed by atoms with E-state index in [9.17, 15) is 4.79 Å². The van der Waals surface area contributed by atoms with Crippen LogP contribution in [-0.4, -0.2) is 25.6 Å². The molecule has 0 heterocycles. The summed E-state index contributed by atoms with van der Waals surface area (Å²) in [7, 11) is 1.65. The number of anilines is 1. The van der Waals surface area contributed by atoms with Crippen LogP contribution in [0.5, 0.6) is 5.75 Å². The van der Waals surface area contributed by atoms with Crippen LogP contribution in [0, 0.1) is 12.8 Å². The summed E-state index contributed by atoms with van der Waals surface area (Å²) >= 11 is 0. The molecule has 0 aliphatic heterocycles. The topological polar surface area (TPSA) is 50.4 Å². The molecule has 104 valence electrons. The minimum Gasteiger partial charge on any atom is -0.495 e. The van der Waals surface area contributed by atoms with Gasteiger partial charge in [-0.25, -0.2) is 0 Å². The van der Waals surface area contributed by atoms with Crippen LogP contribution in [-0.2, 0) is 4.79 Å². The summed E-state index contributed by atoms with van der Waals surface area (Å²) in [5.74, 6) is 1.57. The molecule has 0 saturated heterocycles. The third kappa shape index (κ3) is 3.88. The van der Waals surface area contributed by atoms with Crippen molar-refractivity contribution >= 4 is 11.6 Å². The molecule has 19 heavy (non-hydrogen) atoms. The third-order valence-electron chi connectivity index (χ3n) is 3.48. The van der Waals surface area contributed by atoms with Crippen LogP contribution in [0.4, 0.5) is 5.69 Å². The molecule has 1 aliphatic carbocycles. The van der Waals surface area contributed by atoms with Crippen LogP contribution in [0.1, 0.15) is 25.3 Å². The maximum absolute atomic E-state index is 11.7. The lowest BCUT2D eigenvalue weighted by atomic mass is 10.2. The number of benzene rings is 1. The highest BCUT2D eigenvalue weighted by Gasteiger charge is 2.33. The van der Waals surface area contributed by atoms with Crippen molar-refractivity contribution in [3.05, 3.63) is 23.8 Å². The Morgan fingerprint density at radius 1 is 1.47 bits per heavy atom. The van der Waals surface area contributed by atoms with Crippen molar-refractivity contribution in [1.29, 1.82) is 0 Å². The van der Waals surface area contributed by atoms with Crippen molar-refractivity contribution in [3.63, 3.8) is 0 Å². The van der Waals surface area contributed by atoms with Crippen molar-refractivity contribution in [2.45, 2.75) is 32.7 Å². The SMILES string of the molecule is COc1ccc(C)cc1NCCC(=O)NC1CC1C. The van der Waals surface area contributed by atoms with Crippen LogP contribution in [0.25, 0.3) is 0 Å². The molecule has 0 bridgehead atoms. The summed E-state index contributed by atoms with van der Waals surface area (Å²) in [6.45, 7) is 4.80. The van der Waals surface area contributed by atoms with Gasteiger partial charge < -0.3 is 15.4 Å². The molecule has 0 radical (unpaired) electrons. The molecule has 4 nitrogen and oxygen atoms in total. The highest BCUT2D eigenvalue weighted by atomic mass is 16.5. The van der Waals surface area contributed by atoms with Gasteiger partial charge in [-0.3, -0.25) is 4.79 Å². The Labute approximate surface area is 114 Å². The maximum atomic E-state index is 11.7. The number of rotatable bonds is 6. The lowest BCUT2D eigenvalue weighted by Gasteiger charge is -2.12. The first-order valence-corrected chi connectivity index (χ1v) is 6.78. The second kappa shape index (κ2) is 5.95. The molecule has 1 aromatic rings. The smallest absolute Gasteiger partial charge is 0.221 e. The van der Waals surface area contributed by atoms with E-state index in [0.717, 1.165) is 17.9 Å². The number of nitrogens with one attached hydrogen (secondary N) is 2. The Morgan fingerprint density at radius 2 is 2.21 bits per heavy atom. The van der Waals surface area contributed by atoms with Crippen molar-refractivity contribution < 1.29 is 9.53 Å². The summed E-state index contributed by atoms with van der Waals surface area (Å²) < 4.78 is 5.28. The number of ether oxygens (including phenoxy) is 1. The molecule has 0 spiro atoms. The summed E-state index contributed by atoms with van der Waals surface area (Å²) in [6.07, 6.45) is 1.60. The van der Waals surface area contributed by atoms with Gasteiger partial charge in [0.2, 0.25) is 5.91 Å². The number of aryl methyl sites for hydroxylation is 1. The van der Waals surface area contributed by atoms with Gasteiger partial charge in [0.25, 0.3) is 0 Å². The third-order valence-corrected chi connectivity index (χ3v) is 3.48. The Hall–Kier alpha value is -1.71. The lowest BCUT2D eigenvalue weighted by Crippen LogP contribution is -2.28. The summed E-state index contributed by atoms with van der Waals surface area (Å²) in [5.41, 5.74) is 2.11. The molecule has 2 N–H and O–H groups in total. The first-order valence-electron chi connectivity index (χ1n) is 6.78. The number of methoxy groups -OCH3 is 1. The molecule has 0 aromatic heterocycles. The van der Waals surface area contributed by atoms with Gasteiger partial charge in [0.1, 0.15) is 5.75 Å². The molecule has 1 aromatic carbocycles. The molecule has 1 aliphatic rings. The van der Waals surface area contributed by atoms with E-state index in [4.69, 9.17) is 4.74 Å². The normalized spacial score (nSPS) is 20.8. The Balaban J connectivity index is 1.78. The largest absolute Gasteiger partial charge is 0.495 e. The van der Waals surface area contributed by atoms with E-state index in [1.807, 2.05) is 25.1 Å². The highest BCUT2D eigenvalue weighted by Crippen LogP contribution is 2.29. The summed E-state index contributed by atoms with van der Waals surface area (Å²) in [4.78, 5) is 11.7. The van der Waals surface area contributed by atoms with Crippen LogP contribution in [0.2, 0.25) is 0 Å². The van der Waals surface area contributed by atoms with Crippen LogP contribution in [0.3, 0.4) is 0 Å². The fourth-order valence-corrected chi connectivity index (χ4v) is 2.07. The molecule has 2 unspecified atom stereocenters. The van der Waals surface area contributed by atoms with E-state index in [0.29, 0.717) is 24.9 Å². The zero-order valence-electron chi connectivity index (χ0n) is 11.8. The second-order valence-electron chi connectivity index (χ2n) is 5.27. The van der Waals surface area contributed by atoms with Crippen molar-refractivity contribution in [3.8, 4) is 5.75 Å². The van der Waals surface area contributed by atoms with Gasteiger partial charge in [-0.2, -0.15) is 0 Å². The predicted molar refractivity (Wildman–Crippen MR) is 76.5 cm³/mol. The van der Waals surface area contributed by atoms with E-state index in [1.54, 1.807) is 7.11 Å². The molecular weight excluding hydrogens is 240 g/mol. The second-order valence-corrected chi connectivity index (χ2v) is 5.27. The number of carbonyl (C=O) groups is 1. The summed E-state index contributed by atoms with van der Waals surface area (Å²) in [6, 6.07) is 6.37. The van der Waals surface area contributed by atoms with Gasteiger partial charge in [0.15, 0.2) is 0 Å². The Bertz CT molecular complexity index is 459. The molecular formula is C15H22N2O2. The van der Waals surface area contributed by atoms with Gasteiger partial charge in [-0.1, -0.05) is 13.0 Å². The molecule has 1 fully saturated rings. The van der Waals surface area contributed by atoms with Gasteiger partial charge >= 0.3 is 0 Å². The molecule has 4 heteroatoms. The van der Waals surface area contributed by atoms with E-state index in [2.05, 4.69) is 17.6 Å². The van der Waals surface area contributed by atoms with Gasteiger partial charge in [0, 0.05) is 19.0 Å². The Morgan fingerprint density at radius 3 is 2.84 bits per heavy atom.